The Morgan fingerprint density at radius 1 is 1.26 bits per heavy atom. The van der Waals surface area contributed by atoms with Gasteiger partial charge in [-0.1, -0.05) is 12.1 Å². The fraction of sp³-hybridized carbons (Fsp3) is 0.400. The SMILES string of the molecule is CNC(Cc1nc(C)cs1)c1ccc(N(C)C)cc1. The van der Waals surface area contributed by atoms with Gasteiger partial charge in [0.2, 0.25) is 0 Å². The minimum atomic E-state index is 0.321. The van der Waals surface area contributed by atoms with E-state index in [-0.39, 0.29) is 0 Å². The van der Waals surface area contributed by atoms with Crippen LogP contribution in [0.4, 0.5) is 5.69 Å². The first-order valence-electron chi connectivity index (χ1n) is 6.45. The van der Waals surface area contributed by atoms with Crippen LogP contribution in [-0.4, -0.2) is 26.1 Å². The van der Waals surface area contributed by atoms with Crippen LogP contribution in [0.2, 0.25) is 0 Å². The zero-order chi connectivity index (χ0) is 13.8. The van der Waals surface area contributed by atoms with Gasteiger partial charge in [-0.15, -0.1) is 11.3 Å². The Balaban J connectivity index is 2.12. The van der Waals surface area contributed by atoms with E-state index in [2.05, 4.69) is 58.9 Å². The third kappa shape index (κ3) is 3.55. The van der Waals surface area contributed by atoms with Gasteiger partial charge in [0, 0.05) is 43.3 Å². The first-order chi connectivity index (χ1) is 9.10. The second-order valence-corrected chi connectivity index (χ2v) is 5.86. The topological polar surface area (TPSA) is 28.2 Å². The van der Waals surface area contributed by atoms with E-state index in [1.165, 1.54) is 16.3 Å². The fourth-order valence-corrected chi connectivity index (χ4v) is 2.88. The van der Waals surface area contributed by atoms with Crippen molar-refractivity contribution >= 4 is 17.0 Å². The van der Waals surface area contributed by atoms with Crippen molar-refractivity contribution in [3.63, 3.8) is 0 Å². The molecule has 1 atom stereocenters. The van der Waals surface area contributed by atoms with Crippen LogP contribution in [0.25, 0.3) is 0 Å². The summed E-state index contributed by atoms with van der Waals surface area (Å²) in [6.45, 7) is 2.04. The Labute approximate surface area is 119 Å². The third-order valence-corrected chi connectivity index (χ3v) is 4.19. The Hall–Kier alpha value is -1.39. The van der Waals surface area contributed by atoms with Gasteiger partial charge in [-0.05, 0) is 31.7 Å². The molecule has 4 heteroatoms. The van der Waals surface area contributed by atoms with E-state index < -0.39 is 0 Å². The second-order valence-electron chi connectivity index (χ2n) is 4.91. The van der Waals surface area contributed by atoms with Crippen molar-refractivity contribution in [3.8, 4) is 0 Å². The lowest BCUT2D eigenvalue weighted by atomic mass is 10.0. The number of anilines is 1. The molecule has 0 aliphatic rings. The molecule has 0 aliphatic carbocycles. The molecule has 1 heterocycles. The summed E-state index contributed by atoms with van der Waals surface area (Å²) in [7, 11) is 6.12. The number of likely N-dealkylation sites (N-methyl/N-ethyl adjacent to an activating group) is 1. The summed E-state index contributed by atoms with van der Waals surface area (Å²) < 4.78 is 0. The highest BCUT2D eigenvalue weighted by Gasteiger charge is 2.12. The van der Waals surface area contributed by atoms with Gasteiger partial charge in [0.1, 0.15) is 0 Å². The number of nitrogens with one attached hydrogen (secondary N) is 1. The molecular weight excluding hydrogens is 254 g/mol. The molecule has 1 aromatic heterocycles. The van der Waals surface area contributed by atoms with Crippen LogP contribution in [-0.2, 0) is 6.42 Å². The van der Waals surface area contributed by atoms with Gasteiger partial charge in [-0.2, -0.15) is 0 Å². The zero-order valence-corrected chi connectivity index (χ0v) is 12.8. The molecule has 3 nitrogen and oxygen atoms in total. The molecule has 0 aliphatic heterocycles. The minimum Gasteiger partial charge on any atom is -0.378 e. The molecule has 0 saturated heterocycles. The fourth-order valence-electron chi connectivity index (χ4n) is 2.06. The van der Waals surface area contributed by atoms with Gasteiger partial charge < -0.3 is 10.2 Å². The average molecular weight is 275 g/mol. The Morgan fingerprint density at radius 3 is 2.42 bits per heavy atom. The lowest BCUT2D eigenvalue weighted by Crippen LogP contribution is -2.19. The maximum Gasteiger partial charge on any atom is 0.0947 e. The normalized spacial score (nSPS) is 12.4. The molecule has 1 aromatic carbocycles. The molecule has 0 fully saturated rings. The molecule has 0 saturated carbocycles. The summed E-state index contributed by atoms with van der Waals surface area (Å²) in [6, 6.07) is 9.02. The van der Waals surface area contributed by atoms with Crippen molar-refractivity contribution in [2.24, 2.45) is 0 Å². The van der Waals surface area contributed by atoms with Crippen LogP contribution < -0.4 is 10.2 Å². The zero-order valence-electron chi connectivity index (χ0n) is 12.0. The number of aromatic nitrogens is 1. The summed E-state index contributed by atoms with van der Waals surface area (Å²) >= 11 is 1.74. The molecule has 102 valence electrons. The smallest absolute Gasteiger partial charge is 0.0947 e. The van der Waals surface area contributed by atoms with Gasteiger partial charge in [0.05, 0.1) is 5.01 Å². The van der Waals surface area contributed by atoms with Crippen molar-refractivity contribution in [1.29, 1.82) is 0 Å². The quantitative estimate of drug-likeness (QED) is 0.909. The molecule has 1 unspecified atom stereocenters. The Morgan fingerprint density at radius 2 is 1.95 bits per heavy atom. The minimum absolute atomic E-state index is 0.321. The molecule has 0 radical (unpaired) electrons. The Bertz CT molecular complexity index is 516. The maximum absolute atomic E-state index is 4.54. The van der Waals surface area contributed by atoms with Crippen molar-refractivity contribution in [1.82, 2.24) is 10.3 Å². The summed E-state index contributed by atoms with van der Waals surface area (Å²) in [5, 5.41) is 6.67. The van der Waals surface area contributed by atoms with E-state index >= 15 is 0 Å². The number of nitrogens with zero attached hydrogens (tertiary/aromatic N) is 2. The number of thiazole rings is 1. The standard InChI is InChI=1S/C15H21N3S/c1-11-10-19-15(17-11)9-14(16-2)12-5-7-13(8-6-12)18(3)4/h5-8,10,14,16H,9H2,1-4H3. The van der Waals surface area contributed by atoms with E-state index in [0.29, 0.717) is 6.04 Å². The van der Waals surface area contributed by atoms with E-state index in [1.54, 1.807) is 11.3 Å². The molecule has 2 rings (SSSR count). The van der Waals surface area contributed by atoms with Crippen molar-refractivity contribution in [2.75, 3.05) is 26.0 Å². The van der Waals surface area contributed by atoms with Crippen LogP contribution in [0.3, 0.4) is 0 Å². The first-order valence-corrected chi connectivity index (χ1v) is 7.33. The molecule has 2 aromatic rings. The highest BCUT2D eigenvalue weighted by molar-refractivity contribution is 7.09. The maximum atomic E-state index is 4.54. The molecular formula is C15H21N3S. The lowest BCUT2D eigenvalue weighted by Gasteiger charge is -2.17. The number of benzene rings is 1. The molecule has 19 heavy (non-hydrogen) atoms. The number of rotatable bonds is 5. The number of aryl methyl sites for hydroxylation is 1. The largest absolute Gasteiger partial charge is 0.378 e. The number of hydrogen-bond donors (Lipinski definition) is 1. The van der Waals surface area contributed by atoms with Crippen LogP contribution in [0.1, 0.15) is 22.3 Å². The highest BCUT2D eigenvalue weighted by Crippen LogP contribution is 2.22. The van der Waals surface area contributed by atoms with Crippen LogP contribution in [0, 0.1) is 6.92 Å². The second kappa shape index (κ2) is 6.17. The van der Waals surface area contributed by atoms with Gasteiger partial charge >= 0.3 is 0 Å². The van der Waals surface area contributed by atoms with Crippen molar-refractivity contribution < 1.29 is 0 Å². The first kappa shape index (κ1) is 14.0. The average Bonchev–Trinajstić information content (AvgIpc) is 2.81. The molecule has 0 spiro atoms. The van der Waals surface area contributed by atoms with Gasteiger partial charge in [0.25, 0.3) is 0 Å². The summed E-state index contributed by atoms with van der Waals surface area (Å²) in [4.78, 5) is 6.65. The van der Waals surface area contributed by atoms with E-state index in [9.17, 15) is 0 Å². The monoisotopic (exact) mass is 275 g/mol. The summed E-state index contributed by atoms with van der Waals surface area (Å²) in [5.41, 5.74) is 3.64. The van der Waals surface area contributed by atoms with E-state index in [0.717, 1.165) is 12.1 Å². The summed E-state index contributed by atoms with van der Waals surface area (Å²) in [6.07, 6.45) is 0.941. The van der Waals surface area contributed by atoms with Crippen molar-refractivity contribution in [2.45, 2.75) is 19.4 Å². The van der Waals surface area contributed by atoms with Crippen LogP contribution in [0.15, 0.2) is 29.6 Å². The van der Waals surface area contributed by atoms with E-state index in [1.807, 2.05) is 14.0 Å². The van der Waals surface area contributed by atoms with E-state index in [4.69, 9.17) is 0 Å². The van der Waals surface area contributed by atoms with Crippen molar-refractivity contribution in [3.05, 3.63) is 45.9 Å². The number of hydrogen-bond acceptors (Lipinski definition) is 4. The lowest BCUT2D eigenvalue weighted by molar-refractivity contribution is 0.590. The van der Waals surface area contributed by atoms with Gasteiger partial charge in [0.15, 0.2) is 0 Å². The van der Waals surface area contributed by atoms with Gasteiger partial charge in [-0.3, -0.25) is 0 Å². The Kier molecular flexibility index (Phi) is 4.56. The molecule has 0 amide bonds. The molecule has 0 bridgehead atoms. The highest BCUT2D eigenvalue weighted by atomic mass is 32.1. The van der Waals surface area contributed by atoms with Crippen LogP contribution in [0.5, 0.6) is 0 Å². The summed E-state index contributed by atoms with van der Waals surface area (Å²) in [5.74, 6) is 0. The van der Waals surface area contributed by atoms with Crippen LogP contribution >= 0.6 is 11.3 Å². The third-order valence-electron chi connectivity index (χ3n) is 3.21. The predicted molar refractivity (Wildman–Crippen MR) is 83.1 cm³/mol. The van der Waals surface area contributed by atoms with Gasteiger partial charge in [-0.25, -0.2) is 4.98 Å². The molecule has 1 N–H and O–H groups in total. The predicted octanol–water partition coefficient (Wildman–Crippen LogP) is 3.02.